The molecule has 0 fully saturated rings. The van der Waals surface area contributed by atoms with Crippen LogP contribution in [-0.4, -0.2) is 6.04 Å². The maximum absolute atomic E-state index is 6.29. The van der Waals surface area contributed by atoms with E-state index >= 15 is 0 Å². The Balaban J connectivity index is 3.60. The zero-order valence-corrected chi connectivity index (χ0v) is 15.8. The average molecular weight is 310 g/mol. The quantitative estimate of drug-likeness (QED) is 0.241. The lowest BCUT2D eigenvalue weighted by Gasteiger charge is -2.36. The van der Waals surface area contributed by atoms with Crippen LogP contribution in [0.15, 0.2) is 12.7 Å². The van der Waals surface area contributed by atoms with Crippen molar-refractivity contribution >= 4 is 0 Å². The van der Waals surface area contributed by atoms with Crippen LogP contribution in [-0.2, 0) is 0 Å². The van der Waals surface area contributed by atoms with Crippen molar-refractivity contribution in [2.24, 2.45) is 11.1 Å². The van der Waals surface area contributed by atoms with Gasteiger partial charge in [-0.1, -0.05) is 97.5 Å². The Hall–Kier alpha value is -0.300. The predicted molar refractivity (Wildman–Crippen MR) is 102 cm³/mol. The van der Waals surface area contributed by atoms with Gasteiger partial charge in [-0.05, 0) is 24.7 Å². The van der Waals surface area contributed by atoms with E-state index in [-0.39, 0.29) is 6.04 Å². The third-order valence-corrected chi connectivity index (χ3v) is 5.65. The molecule has 0 saturated heterocycles. The lowest BCUT2D eigenvalue weighted by Crippen LogP contribution is -2.39. The van der Waals surface area contributed by atoms with Crippen molar-refractivity contribution < 1.29 is 0 Å². The van der Waals surface area contributed by atoms with Crippen molar-refractivity contribution in [3.63, 3.8) is 0 Å². The van der Waals surface area contributed by atoms with Gasteiger partial charge in [0.25, 0.3) is 0 Å². The normalized spacial score (nSPS) is 13.3. The van der Waals surface area contributed by atoms with E-state index in [1.807, 2.05) is 6.08 Å². The second-order valence-electron chi connectivity index (χ2n) is 7.12. The van der Waals surface area contributed by atoms with Gasteiger partial charge in [0.1, 0.15) is 0 Å². The molecule has 2 N–H and O–H groups in total. The molecule has 0 aromatic heterocycles. The Morgan fingerprint density at radius 2 is 1.18 bits per heavy atom. The molecular weight excluding hydrogens is 266 g/mol. The molecule has 1 atom stereocenters. The van der Waals surface area contributed by atoms with E-state index in [4.69, 9.17) is 5.73 Å². The molecule has 1 heteroatoms. The molecule has 0 spiro atoms. The van der Waals surface area contributed by atoms with Crippen molar-refractivity contribution in [1.82, 2.24) is 0 Å². The fourth-order valence-corrected chi connectivity index (χ4v) is 3.63. The summed E-state index contributed by atoms with van der Waals surface area (Å²) < 4.78 is 0. The fourth-order valence-electron chi connectivity index (χ4n) is 3.63. The number of hydrogen-bond donors (Lipinski definition) is 1. The third kappa shape index (κ3) is 8.98. The summed E-state index contributed by atoms with van der Waals surface area (Å²) >= 11 is 0. The second-order valence-corrected chi connectivity index (χ2v) is 7.12. The van der Waals surface area contributed by atoms with Gasteiger partial charge in [0, 0.05) is 6.04 Å². The molecule has 0 radical (unpaired) electrons. The molecule has 0 aromatic carbocycles. The van der Waals surface area contributed by atoms with Crippen LogP contribution >= 0.6 is 0 Å². The largest absolute Gasteiger partial charge is 0.324 e. The summed E-state index contributed by atoms with van der Waals surface area (Å²) in [4.78, 5) is 0. The second kappa shape index (κ2) is 14.3. The van der Waals surface area contributed by atoms with E-state index in [0.717, 1.165) is 0 Å². The Labute approximate surface area is 141 Å². The van der Waals surface area contributed by atoms with Crippen LogP contribution in [0.5, 0.6) is 0 Å². The summed E-state index contributed by atoms with van der Waals surface area (Å²) in [7, 11) is 0. The molecule has 0 aliphatic heterocycles. The zero-order chi connectivity index (χ0) is 16.7. The van der Waals surface area contributed by atoms with Gasteiger partial charge in [0.2, 0.25) is 0 Å². The fraction of sp³-hybridized carbons (Fsp3) is 0.905. The highest BCUT2D eigenvalue weighted by atomic mass is 14.7. The summed E-state index contributed by atoms with van der Waals surface area (Å²) in [6.45, 7) is 10.8. The SMILES string of the molecule is C=CC(N)C(CC)(CC)CCCCCCCCCCCCC. The minimum Gasteiger partial charge on any atom is -0.324 e. The van der Waals surface area contributed by atoms with E-state index < -0.39 is 0 Å². The van der Waals surface area contributed by atoms with E-state index in [1.54, 1.807) is 0 Å². The van der Waals surface area contributed by atoms with Crippen molar-refractivity contribution in [2.45, 2.75) is 117 Å². The highest BCUT2D eigenvalue weighted by Gasteiger charge is 2.30. The average Bonchev–Trinajstić information content (AvgIpc) is 2.56. The van der Waals surface area contributed by atoms with Gasteiger partial charge in [-0.3, -0.25) is 0 Å². The Bertz CT molecular complexity index is 242. The van der Waals surface area contributed by atoms with Crippen molar-refractivity contribution in [2.75, 3.05) is 0 Å². The first kappa shape index (κ1) is 21.7. The molecule has 0 aromatic rings. The number of nitrogens with two attached hydrogens (primary N) is 1. The van der Waals surface area contributed by atoms with E-state index in [0.29, 0.717) is 5.41 Å². The summed E-state index contributed by atoms with van der Waals surface area (Å²) in [5, 5.41) is 0. The van der Waals surface area contributed by atoms with Crippen molar-refractivity contribution in [3.05, 3.63) is 12.7 Å². The molecule has 0 aliphatic rings. The topological polar surface area (TPSA) is 26.0 Å². The first-order valence-electron chi connectivity index (χ1n) is 10.0. The van der Waals surface area contributed by atoms with Crippen LogP contribution in [0.4, 0.5) is 0 Å². The number of hydrogen-bond acceptors (Lipinski definition) is 1. The van der Waals surface area contributed by atoms with E-state index in [9.17, 15) is 0 Å². The molecule has 0 heterocycles. The van der Waals surface area contributed by atoms with E-state index in [1.165, 1.54) is 89.9 Å². The molecule has 0 bridgehead atoms. The Morgan fingerprint density at radius 1 is 0.773 bits per heavy atom. The lowest BCUT2D eigenvalue weighted by molar-refractivity contribution is 0.203. The van der Waals surface area contributed by atoms with Crippen molar-refractivity contribution in [3.8, 4) is 0 Å². The van der Waals surface area contributed by atoms with Gasteiger partial charge in [-0.15, -0.1) is 6.58 Å². The third-order valence-electron chi connectivity index (χ3n) is 5.65. The highest BCUT2D eigenvalue weighted by molar-refractivity contribution is 4.97. The van der Waals surface area contributed by atoms with Crippen LogP contribution < -0.4 is 5.73 Å². The molecule has 0 rings (SSSR count). The maximum Gasteiger partial charge on any atom is 0.0278 e. The van der Waals surface area contributed by atoms with Gasteiger partial charge in [0.05, 0.1) is 0 Å². The molecule has 0 saturated carbocycles. The van der Waals surface area contributed by atoms with Crippen LogP contribution in [0, 0.1) is 5.41 Å². The van der Waals surface area contributed by atoms with E-state index in [2.05, 4.69) is 27.4 Å². The van der Waals surface area contributed by atoms with Gasteiger partial charge in [0.15, 0.2) is 0 Å². The standard InChI is InChI=1S/C21H43N/c1-5-9-10-11-12-13-14-15-16-17-18-19-21(7-3,8-4)20(22)6-2/h6,20H,2,5,7-19,22H2,1,3-4H3. The summed E-state index contributed by atoms with van der Waals surface area (Å²) in [6, 6.07) is 0.158. The molecular formula is C21H43N. The van der Waals surface area contributed by atoms with Gasteiger partial charge < -0.3 is 5.73 Å². The van der Waals surface area contributed by atoms with Crippen LogP contribution in [0.25, 0.3) is 0 Å². The molecule has 132 valence electrons. The molecule has 22 heavy (non-hydrogen) atoms. The first-order chi connectivity index (χ1) is 10.7. The first-order valence-corrected chi connectivity index (χ1v) is 10.0. The molecule has 0 amide bonds. The molecule has 1 unspecified atom stereocenters. The van der Waals surface area contributed by atoms with Crippen LogP contribution in [0.1, 0.15) is 111 Å². The minimum absolute atomic E-state index is 0.158. The summed E-state index contributed by atoms with van der Waals surface area (Å²) in [5.41, 5.74) is 6.58. The smallest absolute Gasteiger partial charge is 0.0278 e. The van der Waals surface area contributed by atoms with Crippen LogP contribution in [0.3, 0.4) is 0 Å². The summed E-state index contributed by atoms with van der Waals surface area (Å²) in [5.74, 6) is 0. The minimum atomic E-state index is 0.158. The van der Waals surface area contributed by atoms with Gasteiger partial charge >= 0.3 is 0 Å². The molecule has 1 nitrogen and oxygen atoms in total. The summed E-state index contributed by atoms with van der Waals surface area (Å²) in [6.07, 6.45) is 21.1. The Morgan fingerprint density at radius 3 is 1.55 bits per heavy atom. The number of rotatable bonds is 16. The van der Waals surface area contributed by atoms with Gasteiger partial charge in [-0.25, -0.2) is 0 Å². The lowest BCUT2D eigenvalue weighted by atomic mass is 9.72. The van der Waals surface area contributed by atoms with Gasteiger partial charge in [-0.2, -0.15) is 0 Å². The molecule has 0 aliphatic carbocycles. The van der Waals surface area contributed by atoms with Crippen molar-refractivity contribution in [1.29, 1.82) is 0 Å². The maximum atomic E-state index is 6.29. The number of unbranched alkanes of at least 4 members (excludes halogenated alkanes) is 10. The Kier molecular flexibility index (Phi) is 14.1. The predicted octanol–water partition coefficient (Wildman–Crippen LogP) is 7.01. The zero-order valence-electron chi connectivity index (χ0n) is 15.8. The highest BCUT2D eigenvalue weighted by Crippen LogP contribution is 2.36. The van der Waals surface area contributed by atoms with Crippen LogP contribution in [0.2, 0.25) is 0 Å². The monoisotopic (exact) mass is 309 g/mol.